The van der Waals surface area contributed by atoms with Gasteiger partial charge in [-0.3, -0.25) is 10.1 Å². The van der Waals surface area contributed by atoms with Crippen molar-refractivity contribution in [2.75, 3.05) is 19.5 Å². The van der Waals surface area contributed by atoms with E-state index in [2.05, 4.69) is 25.9 Å². The van der Waals surface area contributed by atoms with Gasteiger partial charge in [0.15, 0.2) is 11.5 Å². The van der Waals surface area contributed by atoms with Crippen LogP contribution in [0.25, 0.3) is 22.2 Å². The first-order chi connectivity index (χ1) is 13.7. The number of anilines is 1. The number of pyridine rings is 1. The van der Waals surface area contributed by atoms with E-state index in [1.165, 1.54) is 0 Å². The van der Waals surface area contributed by atoms with Crippen LogP contribution < -0.4 is 14.8 Å². The summed E-state index contributed by atoms with van der Waals surface area (Å²) in [5.41, 5.74) is 2.54. The van der Waals surface area contributed by atoms with Crippen LogP contribution in [0.3, 0.4) is 0 Å². The minimum Gasteiger partial charge on any atom is -0.493 e. The Bertz CT molecular complexity index is 1140. The Morgan fingerprint density at radius 2 is 1.86 bits per heavy atom. The highest BCUT2D eigenvalue weighted by Crippen LogP contribution is 2.33. The van der Waals surface area contributed by atoms with Crippen LogP contribution in [0.1, 0.15) is 10.4 Å². The lowest BCUT2D eigenvalue weighted by Gasteiger charge is -2.12. The topological polar surface area (TPSA) is 115 Å². The molecule has 0 aliphatic rings. The van der Waals surface area contributed by atoms with Crippen molar-refractivity contribution in [2.24, 2.45) is 0 Å². The second-order valence-corrected chi connectivity index (χ2v) is 5.83. The lowest BCUT2D eigenvalue weighted by molar-refractivity contribution is 0.102. The summed E-state index contributed by atoms with van der Waals surface area (Å²) in [6, 6.07) is 14.6. The molecule has 140 valence electrons. The molecule has 0 saturated carbocycles. The summed E-state index contributed by atoms with van der Waals surface area (Å²) in [6.45, 7) is 0. The maximum absolute atomic E-state index is 12.8. The smallest absolute Gasteiger partial charge is 0.270 e. The summed E-state index contributed by atoms with van der Waals surface area (Å²) in [5.74, 6) is 0.926. The number of aromatic nitrogens is 5. The van der Waals surface area contributed by atoms with Crippen LogP contribution in [-0.4, -0.2) is 45.7 Å². The molecule has 0 aliphatic carbocycles. The summed E-state index contributed by atoms with van der Waals surface area (Å²) < 4.78 is 10.7. The Labute approximate surface area is 159 Å². The summed E-state index contributed by atoms with van der Waals surface area (Å²) in [5, 5.41) is 16.6. The number of nitrogens with one attached hydrogen (secondary N) is 2. The van der Waals surface area contributed by atoms with Crippen molar-refractivity contribution in [1.29, 1.82) is 0 Å². The minimum atomic E-state index is -0.360. The second-order valence-electron chi connectivity index (χ2n) is 5.83. The van der Waals surface area contributed by atoms with Gasteiger partial charge in [0.2, 0.25) is 0 Å². The maximum Gasteiger partial charge on any atom is 0.270 e. The van der Waals surface area contributed by atoms with E-state index in [-0.39, 0.29) is 11.9 Å². The molecule has 2 aromatic carbocycles. The minimum absolute atomic E-state index is 0.0959. The average molecular weight is 376 g/mol. The zero-order valence-corrected chi connectivity index (χ0v) is 15.1. The van der Waals surface area contributed by atoms with Crippen molar-refractivity contribution in [2.45, 2.75) is 0 Å². The molecule has 9 heteroatoms. The van der Waals surface area contributed by atoms with Crippen molar-refractivity contribution in [1.82, 2.24) is 25.6 Å². The van der Waals surface area contributed by atoms with Crippen LogP contribution in [0.4, 0.5) is 5.95 Å². The molecule has 1 amide bonds. The third-order valence-corrected chi connectivity index (χ3v) is 4.21. The maximum atomic E-state index is 12.8. The number of H-pyrrole nitrogens is 1. The van der Waals surface area contributed by atoms with E-state index in [1.807, 2.05) is 36.4 Å². The lowest BCUT2D eigenvalue weighted by Crippen LogP contribution is -2.14. The normalized spacial score (nSPS) is 10.6. The van der Waals surface area contributed by atoms with Gasteiger partial charge in [0, 0.05) is 10.9 Å². The van der Waals surface area contributed by atoms with Gasteiger partial charge in [-0.25, -0.2) is 4.98 Å². The molecule has 0 bridgehead atoms. The number of methoxy groups -OCH3 is 2. The van der Waals surface area contributed by atoms with Gasteiger partial charge >= 0.3 is 0 Å². The van der Waals surface area contributed by atoms with Crippen molar-refractivity contribution in [3.63, 3.8) is 0 Å². The Balaban J connectivity index is 1.83. The first kappa shape index (κ1) is 17.4. The van der Waals surface area contributed by atoms with Gasteiger partial charge in [-0.05, 0) is 35.5 Å². The number of aromatic amines is 1. The lowest BCUT2D eigenvalue weighted by atomic mass is 10.0. The van der Waals surface area contributed by atoms with E-state index in [0.717, 1.165) is 5.56 Å². The number of amides is 1. The molecule has 9 nitrogen and oxygen atoms in total. The van der Waals surface area contributed by atoms with Gasteiger partial charge in [-0.1, -0.05) is 23.3 Å². The molecule has 0 aliphatic heterocycles. The van der Waals surface area contributed by atoms with Gasteiger partial charge in [0.1, 0.15) is 0 Å². The number of para-hydroxylation sites is 1. The molecule has 0 fully saturated rings. The van der Waals surface area contributed by atoms with Gasteiger partial charge in [-0.15, -0.1) is 5.10 Å². The standard InChI is InChI=1S/C19H16N6O3/c1-27-16-8-7-11(9-17(16)28-2)15-10-13(12-5-3-4-6-14(12)20-15)18(26)21-19-22-24-25-23-19/h3-10H,1-2H3,(H2,21,22,23,24,25,26). The molecule has 4 aromatic rings. The highest BCUT2D eigenvalue weighted by molar-refractivity contribution is 6.12. The number of benzene rings is 2. The van der Waals surface area contributed by atoms with Crippen LogP contribution in [0.15, 0.2) is 48.5 Å². The molecule has 0 spiro atoms. The van der Waals surface area contributed by atoms with Crippen LogP contribution in [0.5, 0.6) is 11.5 Å². The zero-order valence-electron chi connectivity index (χ0n) is 15.1. The fourth-order valence-corrected chi connectivity index (χ4v) is 2.89. The number of rotatable bonds is 5. The summed E-state index contributed by atoms with van der Waals surface area (Å²) in [7, 11) is 3.14. The quantitative estimate of drug-likeness (QED) is 0.550. The number of carbonyl (C=O) groups is 1. The van der Waals surface area contributed by atoms with Gasteiger partial charge in [-0.2, -0.15) is 5.21 Å². The molecular weight excluding hydrogens is 360 g/mol. The van der Waals surface area contributed by atoms with Crippen LogP contribution in [0.2, 0.25) is 0 Å². The fourth-order valence-electron chi connectivity index (χ4n) is 2.89. The monoisotopic (exact) mass is 376 g/mol. The number of fused-ring (bicyclic) bond motifs is 1. The number of tetrazole rings is 1. The van der Waals surface area contributed by atoms with Gasteiger partial charge < -0.3 is 9.47 Å². The van der Waals surface area contributed by atoms with Crippen LogP contribution in [0, 0.1) is 0 Å². The highest BCUT2D eigenvalue weighted by atomic mass is 16.5. The molecule has 2 aromatic heterocycles. The Kier molecular flexibility index (Phi) is 4.55. The summed E-state index contributed by atoms with van der Waals surface area (Å²) >= 11 is 0. The third kappa shape index (κ3) is 3.20. The Morgan fingerprint density at radius 1 is 1.04 bits per heavy atom. The molecule has 0 atom stereocenters. The molecular formula is C19H16N6O3. The second kappa shape index (κ2) is 7.31. The molecule has 0 unspecified atom stereocenters. The largest absolute Gasteiger partial charge is 0.493 e. The van der Waals surface area contributed by atoms with E-state index in [0.29, 0.717) is 33.7 Å². The fraction of sp³-hybridized carbons (Fsp3) is 0.105. The number of hydrogen-bond acceptors (Lipinski definition) is 7. The van der Waals surface area contributed by atoms with E-state index < -0.39 is 0 Å². The number of ether oxygens (including phenoxy) is 2. The predicted molar refractivity (Wildman–Crippen MR) is 102 cm³/mol. The Morgan fingerprint density at radius 3 is 2.61 bits per heavy atom. The number of nitrogens with zero attached hydrogens (tertiary/aromatic N) is 4. The Hall–Kier alpha value is -4.01. The van der Waals surface area contributed by atoms with Crippen LogP contribution >= 0.6 is 0 Å². The van der Waals surface area contributed by atoms with E-state index in [4.69, 9.17) is 14.5 Å². The third-order valence-electron chi connectivity index (χ3n) is 4.21. The molecule has 2 N–H and O–H groups in total. The molecule has 0 saturated heterocycles. The number of hydrogen-bond donors (Lipinski definition) is 2. The molecule has 28 heavy (non-hydrogen) atoms. The average Bonchev–Trinajstić information content (AvgIpc) is 3.25. The van der Waals surface area contributed by atoms with E-state index >= 15 is 0 Å². The van der Waals surface area contributed by atoms with Crippen molar-refractivity contribution >= 4 is 22.8 Å². The molecule has 0 radical (unpaired) electrons. The van der Waals surface area contributed by atoms with Gasteiger partial charge in [0.25, 0.3) is 11.9 Å². The first-order valence-electron chi connectivity index (χ1n) is 8.36. The SMILES string of the molecule is COc1ccc(-c2cc(C(=O)Nc3nn[nH]n3)c3ccccc3n2)cc1OC. The van der Waals surface area contributed by atoms with Crippen molar-refractivity contribution < 1.29 is 14.3 Å². The molecule has 2 heterocycles. The zero-order chi connectivity index (χ0) is 19.5. The van der Waals surface area contributed by atoms with Gasteiger partial charge in [0.05, 0.1) is 31.0 Å². The molecule has 4 rings (SSSR count). The summed E-state index contributed by atoms with van der Waals surface area (Å²) in [4.78, 5) is 17.5. The van der Waals surface area contributed by atoms with E-state index in [9.17, 15) is 4.79 Å². The van der Waals surface area contributed by atoms with E-state index in [1.54, 1.807) is 26.4 Å². The summed E-state index contributed by atoms with van der Waals surface area (Å²) in [6.07, 6.45) is 0. The first-order valence-corrected chi connectivity index (χ1v) is 8.36. The highest BCUT2D eigenvalue weighted by Gasteiger charge is 2.16. The number of carbonyl (C=O) groups excluding carboxylic acids is 1. The predicted octanol–water partition coefficient (Wildman–Crippen LogP) is 2.68. The van der Waals surface area contributed by atoms with Crippen molar-refractivity contribution in [3.05, 3.63) is 54.1 Å². The van der Waals surface area contributed by atoms with Crippen molar-refractivity contribution in [3.8, 4) is 22.8 Å². The van der Waals surface area contributed by atoms with Crippen LogP contribution in [-0.2, 0) is 0 Å².